The van der Waals surface area contributed by atoms with E-state index < -0.39 is 59.4 Å². The summed E-state index contributed by atoms with van der Waals surface area (Å²) in [5.41, 5.74) is 1.10. The summed E-state index contributed by atoms with van der Waals surface area (Å²) in [6.07, 6.45) is -1.30. The summed E-state index contributed by atoms with van der Waals surface area (Å²) in [4.78, 5) is 43.7. The van der Waals surface area contributed by atoms with Crippen LogP contribution in [0.5, 0.6) is 5.75 Å². The van der Waals surface area contributed by atoms with Crippen LogP contribution in [-0.4, -0.2) is 106 Å². The number of carboxylic acid groups (broad SMARTS) is 1. The summed E-state index contributed by atoms with van der Waals surface area (Å²) in [7, 11) is 1.22. The third-order valence-corrected chi connectivity index (χ3v) is 8.80. The number of ether oxygens (including phenoxy) is 2. The quantitative estimate of drug-likeness (QED) is 0.111. The number of aromatic nitrogens is 1. The van der Waals surface area contributed by atoms with Crippen LogP contribution in [0.25, 0.3) is 0 Å². The van der Waals surface area contributed by atoms with E-state index in [1.807, 2.05) is 72.8 Å². The first-order valence-electron chi connectivity index (χ1n) is 17.9. The van der Waals surface area contributed by atoms with E-state index in [0.717, 1.165) is 16.8 Å². The molecular formula is C40H57N5O8. The molecule has 0 unspecified atom stereocenters. The lowest BCUT2D eigenvalue weighted by Crippen LogP contribution is -2.59. The number of pyridine rings is 1. The van der Waals surface area contributed by atoms with Gasteiger partial charge in [-0.3, -0.25) is 14.7 Å². The van der Waals surface area contributed by atoms with Gasteiger partial charge in [0.1, 0.15) is 11.8 Å². The topological polar surface area (TPSA) is 183 Å². The summed E-state index contributed by atoms with van der Waals surface area (Å²) < 4.78 is 10.6. The average molecular weight is 736 g/mol. The number of carbonyl (C=O) groups is 3. The highest BCUT2D eigenvalue weighted by molar-refractivity contribution is 5.86. The minimum absolute atomic E-state index is 0.0285. The second-order valence-electron chi connectivity index (χ2n) is 15.2. The number of aliphatic hydroxyl groups is 2. The molecule has 3 aromatic rings. The Labute approximate surface area is 313 Å². The van der Waals surface area contributed by atoms with Gasteiger partial charge in [0, 0.05) is 36.9 Å². The molecule has 1 heterocycles. The number of alkyl carbamates (subject to hydrolysis) is 1. The highest BCUT2D eigenvalue weighted by Crippen LogP contribution is 2.24. The SMILES string of the molecule is COC(=O)N[C@H](C(=O)N[C@@H](Cc1ccccc1)[C@H](O)CNC[C@@H](O)[C@H](Cc1ccc(OCCc2ccccn2)cc1)N(C(=O)O)C(C)(C)C)C(C)(C)C. The number of nitrogens with one attached hydrogen (secondary N) is 3. The first kappa shape index (κ1) is 42.7. The lowest BCUT2D eigenvalue weighted by molar-refractivity contribution is -0.127. The molecule has 0 spiro atoms. The van der Waals surface area contributed by atoms with Crippen LogP contribution in [0.1, 0.15) is 58.4 Å². The van der Waals surface area contributed by atoms with E-state index in [9.17, 15) is 29.7 Å². The number of hydrogen-bond donors (Lipinski definition) is 6. The molecular weight excluding hydrogens is 678 g/mol. The number of aliphatic hydroxyl groups excluding tert-OH is 2. The maximum Gasteiger partial charge on any atom is 0.408 e. The van der Waals surface area contributed by atoms with Crippen molar-refractivity contribution in [3.63, 3.8) is 0 Å². The smallest absolute Gasteiger partial charge is 0.408 e. The van der Waals surface area contributed by atoms with Gasteiger partial charge >= 0.3 is 12.2 Å². The van der Waals surface area contributed by atoms with Crippen molar-refractivity contribution in [3.8, 4) is 5.75 Å². The van der Waals surface area contributed by atoms with Crippen LogP contribution < -0.4 is 20.7 Å². The van der Waals surface area contributed by atoms with Crippen molar-refractivity contribution in [2.45, 2.75) is 96.7 Å². The van der Waals surface area contributed by atoms with E-state index in [4.69, 9.17) is 9.47 Å². The standard InChI is InChI=1S/C40H57N5O8/c1-39(2,3)35(44-37(49)52-7)36(48)43-31(23-27-13-9-8-10-14-27)33(46)25-41-26-34(47)32(45(38(50)51)40(4,5)6)24-28-16-18-30(19-17-28)53-22-20-29-15-11-12-21-42-29/h8-19,21,31-35,41,46-47H,20,22-26H2,1-7H3,(H,43,48)(H,44,49)(H,50,51)/t31-,32-,33+,34+,35+/m0/s1. The Morgan fingerprint density at radius 2 is 1.43 bits per heavy atom. The van der Waals surface area contributed by atoms with Crippen LogP contribution in [0.3, 0.4) is 0 Å². The summed E-state index contributed by atoms with van der Waals surface area (Å²) in [6, 6.07) is 19.9. The molecule has 1 aromatic heterocycles. The largest absolute Gasteiger partial charge is 0.493 e. The van der Waals surface area contributed by atoms with E-state index >= 15 is 0 Å². The van der Waals surface area contributed by atoms with Crippen molar-refractivity contribution in [2.24, 2.45) is 5.41 Å². The molecule has 2 aromatic carbocycles. The van der Waals surface area contributed by atoms with E-state index in [-0.39, 0.29) is 25.9 Å². The second kappa shape index (κ2) is 19.9. The van der Waals surface area contributed by atoms with Crippen LogP contribution in [0.15, 0.2) is 79.0 Å². The van der Waals surface area contributed by atoms with E-state index in [1.54, 1.807) is 47.7 Å². The Morgan fingerprint density at radius 1 is 0.811 bits per heavy atom. The Morgan fingerprint density at radius 3 is 2.00 bits per heavy atom. The van der Waals surface area contributed by atoms with Gasteiger partial charge in [0.25, 0.3) is 0 Å². The van der Waals surface area contributed by atoms with Gasteiger partial charge in [-0.15, -0.1) is 0 Å². The van der Waals surface area contributed by atoms with Gasteiger partial charge < -0.3 is 40.7 Å². The predicted molar refractivity (Wildman–Crippen MR) is 203 cm³/mol. The van der Waals surface area contributed by atoms with E-state index in [1.165, 1.54) is 12.0 Å². The molecule has 0 saturated heterocycles. The number of amides is 3. The van der Waals surface area contributed by atoms with Crippen molar-refractivity contribution >= 4 is 18.1 Å². The highest BCUT2D eigenvalue weighted by Gasteiger charge is 2.38. The maximum atomic E-state index is 13.5. The second-order valence-corrected chi connectivity index (χ2v) is 15.2. The normalized spacial score (nSPS) is 14.6. The van der Waals surface area contributed by atoms with Gasteiger partial charge in [-0.05, 0) is 74.4 Å². The molecule has 53 heavy (non-hydrogen) atoms. The number of methoxy groups -OCH3 is 1. The molecule has 0 radical (unpaired) electrons. The van der Waals surface area contributed by atoms with Gasteiger partial charge in [-0.25, -0.2) is 9.59 Å². The van der Waals surface area contributed by atoms with Crippen molar-refractivity contribution in [1.82, 2.24) is 25.8 Å². The molecule has 0 aliphatic heterocycles. The molecule has 0 saturated carbocycles. The van der Waals surface area contributed by atoms with Crippen molar-refractivity contribution < 1.29 is 39.2 Å². The Kier molecular flexibility index (Phi) is 16.1. The fraction of sp³-hybridized carbons (Fsp3) is 0.500. The Hall–Kier alpha value is -4.72. The molecule has 13 heteroatoms. The molecule has 13 nitrogen and oxygen atoms in total. The zero-order valence-electron chi connectivity index (χ0n) is 31.9. The van der Waals surface area contributed by atoms with E-state index in [0.29, 0.717) is 18.8 Å². The Bertz CT molecular complexity index is 1560. The molecule has 5 atom stereocenters. The molecule has 290 valence electrons. The van der Waals surface area contributed by atoms with Gasteiger partial charge in [0.05, 0.1) is 38.0 Å². The number of carbonyl (C=O) groups excluding carboxylic acids is 2. The van der Waals surface area contributed by atoms with E-state index in [2.05, 4.69) is 20.9 Å². The third kappa shape index (κ3) is 14.0. The van der Waals surface area contributed by atoms with Gasteiger partial charge in [0.15, 0.2) is 0 Å². The molecule has 0 aliphatic carbocycles. The number of rotatable bonds is 18. The van der Waals surface area contributed by atoms with Crippen molar-refractivity contribution in [3.05, 3.63) is 95.8 Å². The first-order valence-corrected chi connectivity index (χ1v) is 17.9. The Balaban J connectivity index is 1.72. The summed E-state index contributed by atoms with van der Waals surface area (Å²) in [5.74, 6) is 0.172. The number of nitrogens with zero attached hydrogens (tertiary/aromatic N) is 2. The van der Waals surface area contributed by atoms with Gasteiger partial charge in [-0.1, -0.05) is 69.3 Å². The van der Waals surface area contributed by atoms with Gasteiger partial charge in [0.2, 0.25) is 5.91 Å². The predicted octanol–water partition coefficient (Wildman–Crippen LogP) is 4.20. The minimum Gasteiger partial charge on any atom is -0.493 e. The van der Waals surface area contributed by atoms with Crippen LogP contribution >= 0.6 is 0 Å². The summed E-state index contributed by atoms with van der Waals surface area (Å²) in [6.45, 7) is 11.1. The zero-order valence-corrected chi connectivity index (χ0v) is 31.9. The number of hydrogen-bond acceptors (Lipinski definition) is 9. The fourth-order valence-corrected chi connectivity index (χ4v) is 6.04. The highest BCUT2D eigenvalue weighted by atomic mass is 16.5. The van der Waals surface area contributed by atoms with Crippen molar-refractivity contribution in [1.29, 1.82) is 0 Å². The van der Waals surface area contributed by atoms with Gasteiger partial charge in [-0.2, -0.15) is 0 Å². The fourth-order valence-electron chi connectivity index (χ4n) is 6.04. The van der Waals surface area contributed by atoms with Crippen molar-refractivity contribution in [2.75, 3.05) is 26.8 Å². The monoisotopic (exact) mass is 735 g/mol. The lowest BCUT2D eigenvalue weighted by Gasteiger charge is -2.42. The van der Waals surface area contributed by atoms with Crippen LogP contribution in [0.4, 0.5) is 9.59 Å². The molecule has 0 aliphatic rings. The summed E-state index contributed by atoms with van der Waals surface area (Å²) in [5, 5.41) is 41.8. The first-order chi connectivity index (χ1) is 25.0. The summed E-state index contributed by atoms with van der Waals surface area (Å²) >= 11 is 0. The lowest BCUT2D eigenvalue weighted by atomic mass is 9.85. The third-order valence-electron chi connectivity index (χ3n) is 8.80. The molecule has 3 amide bonds. The number of benzene rings is 2. The van der Waals surface area contributed by atoms with Crippen LogP contribution in [0, 0.1) is 5.41 Å². The molecule has 0 bridgehead atoms. The maximum absolute atomic E-state index is 13.5. The molecule has 6 N–H and O–H groups in total. The average Bonchev–Trinajstić information content (AvgIpc) is 3.10. The molecule has 0 fully saturated rings. The minimum atomic E-state index is -1.17. The zero-order chi connectivity index (χ0) is 39.2. The molecule has 3 rings (SSSR count). The van der Waals surface area contributed by atoms with Crippen LogP contribution in [0.2, 0.25) is 0 Å². The van der Waals surface area contributed by atoms with Crippen LogP contribution in [-0.2, 0) is 28.8 Å².